The van der Waals surface area contributed by atoms with Gasteiger partial charge in [-0.3, -0.25) is 4.79 Å². The Labute approximate surface area is 130 Å². The third-order valence-electron chi connectivity index (χ3n) is 3.18. The number of anilines is 1. The molecule has 0 spiro atoms. The fraction of sp³-hybridized carbons (Fsp3) is 0.125. The van der Waals surface area contributed by atoms with Crippen LogP contribution < -0.4 is 5.32 Å². The summed E-state index contributed by atoms with van der Waals surface area (Å²) in [4.78, 5) is 23.6. The lowest BCUT2D eigenvalue weighted by molar-refractivity contribution is 0.0698. The number of aromatic carboxylic acids is 1. The van der Waals surface area contributed by atoms with Crippen LogP contribution in [0.25, 0.3) is 0 Å². The highest BCUT2D eigenvalue weighted by atomic mass is 79.9. The molecule has 4 nitrogen and oxygen atoms in total. The van der Waals surface area contributed by atoms with E-state index in [1.54, 1.807) is 31.2 Å². The Morgan fingerprint density at radius 2 is 1.57 bits per heavy atom. The second kappa shape index (κ2) is 6.10. The number of rotatable bonds is 3. The Morgan fingerprint density at radius 1 is 1.00 bits per heavy atom. The zero-order valence-corrected chi connectivity index (χ0v) is 13.2. The summed E-state index contributed by atoms with van der Waals surface area (Å²) in [6.07, 6.45) is 0. The monoisotopic (exact) mass is 347 g/mol. The van der Waals surface area contributed by atoms with E-state index in [-0.39, 0.29) is 11.5 Å². The molecule has 0 aliphatic heterocycles. The highest BCUT2D eigenvalue weighted by molar-refractivity contribution is 9.10. The highest BCUT2D eigenvalue weighted by Crippen LogP contribution is 2.25. The molecule has 0 radical (unpaired) electrons. The number of halogens is 1. The van der Waals surface area contributed by atoms with Gasteiger partial charge in [-0.25, -0.2) is 4.79 Å². The smallest absolute Gasteiger partial charge is 0.337 e. The van der Waals surface area contributed by atoms with Crippen molar-refractivity contribution in [3.63, 3.8) is 0 Å². The van der Waals surface area contributed by atoms with Crippen molar-refractivity contribution in [2.75, 3.05) is 5.32 Å². The van der Waals surface area contributed by atoms with Crippen molar-refractivity contribution in [1.29, 1.82) is 0 Å². The fourth-order valence-corrected chi connectivity index (χ4v) is 2.46. The van der Waals surface area contributed by atoms with Crippen molar-refractivity contribution in [2.45, 2.75) is 13.8 Å². The van der Waals surface area contributed by atoms with Crippen molar-refractivity contribution >= 4 is 33.5 Å². The van der Waals surface area contributed by atoms with Gasteiger partial charge >= 0.3 is 5.97 Å². The molecule has 0 aliphatic carbocycles. The number of carbonyl (C=O) groups is 2. The van der Waals surface area contributed by atoms with Gasteiger partial charge in [0.15, 0.2) is 0 Å². The van der Waals surface area contributed by atoms with Gasteiger partial charge in [0.1, 0.15) is 0 Å². The number of nitrogens with one attached hydrogen (secondary N) is 1. The van der Waals surface area contributed by atoms with Crippen molar-refractivity contribution in [3.8, 4) is 0 Å². The van der Waals surface area contributed by atoms with Crippen molar-refractivity contribution in [2.24, 2.45) is 0 Å². The van der Waals surface area contributed by atoms with E-state index in [0.29, 0.717) is 21.3 Å². The van der Waals surface area contributed by atoms with Crippen LogP contribution in [0.15, 0.2) is 40.9 Å². The van der Waals surface area contributed by atoms with Crippen LogP contribution in [0.3, 0.4) is 0 Å². The van der Waals surface area contributed by atoms with Crippen LogP contribution in [-0.4, -0.2) is 17.0 Å². The summed E-state index contributed by atoms with van der Waals surface area (Å²) in [6.45, 7) is 3.64. The Morgan fingerprint density at radius 3 is 2.19 bits per heavy atom. The number of hydrogen-bond donors (Lipinski definition) is 2. The minimum Gasteiger partial charge on any atom is -0.478 e. The van der Waals surface area contributed by atoms with Crippen LogP contribution >= 0.6 is 15.9 Å². The van der Waals surface area contributed by atoms with Crippen LogP contribution in [-0.2, 0) is 0 Å². The van der Waals surface area contributed by atoms with Crippen LogP contribution in [0.4, 0.5) is 5.69 Å². The van der Waals surface area contributed by atoms with Crippen molar-refractivity contribution < 1.29 is 14.7 Å². The molecule has 2 aromatic rings. The Bertz CT molecular complexity index is 725. The molecule has 0 saturated carbocycles. The third kappa shape index (κ3) is 3.13. The lowest BCUT2D eigenvalue weighted by Crippen LogP contribution is -2.16. The fourth-order valence-electron chi connectivity index (χ4n) is 2.02. The summed E-state index contributed by atoms with van der Waals surface area (Å²) >= 11 is 3.38. The Hall–Kier alpha value is -2.14. The van der Waals surface area contributed by atoms with E-state index in [2.05, 4.69) is 21.2 Å². The minimum atomic E-state index is -1.07. The van der Waals surface area contributed by atoms with Gasteiger partial charge in [-0.1, -0.05) is 24.3 Å². The van der Waals surface area contributed by atoms with Gasteiger partial charge in [0, 0.05) is 4.47 Å². The van der Waals surface area contributed by atoms with E-state index in [1.165, 1.54) is 6.07 Å². The Kier molecular flexibility index (Phi) is 4.43. The number of benzene rings is 2. The number of para-hydroxylation sites is 1. The number of amides is 1. The first-order valence-corrected chi connectivity index (χ1v) is 7.10. The van der Waals surface area contributed by atoms with Gasteiger partial charge in [-0.15, -0.1) is 0 Å². The summed E-state index contributed by atoms with van der Waals surface area (Å²) in [5.41, 5.74) is 2.50. The summed E-state index contributed by atoms with van der Waals surface area (Å²) in [7, 11) is 0. The predicted molar refractivity (Wildman–Crippen MR) is 85.0 cm³/mol. The maximum Gasteiger partial charge on any atom is 0.337 e. The van der Waals surface area contributed by atoms with Gasteiger partial charge in [-0.2, -0.15) is 0 Å². The SMILES string of the molecule is Cc1cccc(C(=O)Nc2c(C)cccc2C(=O)O)c1Br. The first-order valence-electron chi connectivity index (χ1n) is 6.31. The molecule has 0 aliphatic rings. The minimum absolute atomic E-state index is 0.0760. The molecule has 5 heteroatoms. The average molecular weight is 348 g/mol. The van der Waals surface area contributed by atoms with Crippen LogP contribution in [0.2, 0.25) is 0 Å². The standard InChI is InChI=1S/C16H14BrNO3/c1-9-5-3-7-11(13(9)17)15(19)18-14-10(2)6-4-8-12(14)16(20)21/h3-8H,1-2H3,(H,18,19)(H,20,21). The number of carboxylic acid groups (broad SMARTS) is 1. The summed E-state index contributed by atoms with van der Waals surface area (Å²) in [5.74, 6) is -1.42. The molecular weight excluding hydrogens is 334 g/mol. The molecule has 0 heterocycles. The molecule has 0 unspecified atom stereocenters. The number of carbonyl (C=O) groups excluding carboxylic acids is 1. The topological polar surface area (TPSA) is 66.4 Å². The van der Waals surface area contributed by atoms with Gasteiger partial charge in [0.05, 0.1) is 16.8 Å². The first kappa shape index (κ1) is 15.3. The maximum atomic E-state index is 12.4. The lowest BCUT2D eigenvalue weighted by atomic mass is 10.1. The van der Waals surface area contributed by atoms with Gasteiger partial charge in [-0.05, 0) is 53.0 Å². The molecule has 2 aromatic carbocycles. The molecule has 108 valence electrons. The summed E-state index contributed by atoms with van der Waals surface area (Å²) in [6, 6.07) is 10.2. The molecule has 0 aromatic heterocycles. The zero-order chi connectivity index (χ0) is 15.6. The summed E-state index contributed by atoms with van der Waals surface area (Å²) < 4.78 is 0.702. The molecule has 21 heavy (non-hydrogen) atoms. The predicted octanol–water partition coefficient (Wildman–Crippen LogP) is 4.02. The number of carboxylic acids is 1. The largest absolute Gasteiger partial charge is 0.478 e. The van der Waals surface area contributed by atoms with Gasteiger partial charge in [0.25, 0.3) is 5.91 Å². The van der Waals surface area contributed by atoms with Crippen molar-refractivity contribution in [1.82, 2.24) is 0 Å². The molecule has 2 rings (SSSR count). The molecule has 0 saturated heterocycles. The van der Waals surface area contributed by atoms with E-state index in [4.69, 9.17) is 0 Å². The van der Waals surface area contributed by atoms with Gasteiger partial charge < -0.3 is 10.4 Å². The molecule has 0 bridgehead atoms. The molecular formula is C16H14BrNO3. The normalized spacial score (nSPS) is 10.2. The van der Waals surface area contributed by atoms with E-state index >= 15 is 0 Å². The second-order valence-corrected chi connectivity index (χ2v) is 5.49. The quantitative estimate of drug-likeness (QED) is 0.881. The van der Waals surface area contributed by atoms with Crippen LogP contribution in [0.1, 0.15) is 31.8 Å². The van der Waals surface area contributed by atoms with E-state index < -0.39 is 5.97 Å². The summed E-state index contributed by atoms with van der Waals surface area (Å²) in [5, 5.41) is 11.9. The van der Waals surface area contributed by atoms with E-state index in [1.807, 2.05) is 13.0 Å². The van der Waals surface area contributed by atoms with Crippen molar-refractivity contribution in [3.05, 3.63) is 63.1 Å². The third-order valence-corrected chi connectivity index (χ3v) is 4.23. The highest BCUT2D eigenvalue weighted by Gasteiger charge is 2.17. The average Bonchev–Trinajstić information content (AvgIpc) is 2.43. The number of aryl methyl sites for hydroxylation is 2. The zero-order valence-electron chi connectivity index (χ0n) is 11.6. The molecule has 2 N–H and O–H groups in total. The lowest BCUT2D eigenvalue weighted by Gasteiger charge is -2.13. The molecule has 1 amide bonds. The molecule has 0 fully saturated rings. The van der Waals surface area contributed by atoms with Crippen LogP contribution in [0.5, 0.6) is 0 Å². The maximum absolute atomic E-state index is 12.4. The van der Waals surface area contributed by atoms with E-state index in [0.717, 1.165) is 5.56 Å². The number of hydrogen-bond acceptors (Lipinski definition) is 2. The first-order chi connectivity index (χ1) is 9.91. The Balaban J connectivity index is 2.41. The van der Waals surface area contributed by atoms with Crippen LogP contribution in [0, 0.1) is 13.8 Å². The van der Waals surface area contributed by atoms with E-state index in [9.17, 15) is 14.7 Å². The van der Waals surface area contributed by atoms with Gasteiger partial charge in [0.2, 0.25) is 0 Å². The second-order valence-electron chi connectivity index (χ2n) is 4.69. The molecule has 0 atom stereocenters.